The number of ketones is 1. The van der Waals surface area contributed by atoms with E-state index in [-0.39, 0.29) is 59.6 Å². The number of rotatable bonds is 2. The van der Waals surface area contributed by atoms with Gasteiger partial charge in [-0.25, -0.2) is 4.99 Å². The Morgan fingerprint density at radius 3 is 2.65 bits per heavy atom. The van der Waals surface area contributed by atoms with E-state index in [1.54, 1.807) is 12.1 Å². The van der Waals surface area contributed by atoms with Gasteiger partial charge >= 0.3 is 0 Å². The number of aromatic hydroxyl groups is 1. The van der Waals surface area contributed by atoms with Crippen molar-refractivity contribution in [1.82, 2.24) is 10.6 Å². The van der Waals surface area contributed by atoms with Crippen molar-refractivity contribution in [3.8, 4) is 46.7 Å². The fourth-order valence-corrected chi connectivity index (χ4v) is 11.8. The lowest BCUT2D eigenvalue weighted by atomic mass is 9.78. The predicted molar refractivity (Wildman–Crippen MR) is 229 cm³/mol. The summed E-state index contributed by atoms with van der Waals surface area (Å²) in [6.45, 7) is 5.16. The van der Waals surface area contributed by atoms with Crippen LogP contribution in [0.4, 0.5) is 0 Å². The number of nitrogens with two attached hydrogens (primary N) is 1. The molecule has 0 radical (unpaired) electrons. The van der Waals surface area contributed by atoms with Crippen LogP contribution in [0.25, 0.3) is 0 Å². The van der Waals surface area contributed by atoms with Crippen LogP contribution in [0, 0.1) is 41.4 Å². The second kappa shape index (κ2) is 18.9. The number of nitrogens with one attached hydrogen (secondary N) is 2. The minimum atomic E-state index is -0.788. The van der Waals surface area contributed by atoms with Crippen LogP contribution in [0.5, 0.6) is 23.0 Å². The number of aliphatic hydroxyl groups is 1. The van der Waals surface area contributed by atoms with E-state index in [1.165, 1.54) is 13.5 Å². The zero-order valence-corrected chi connectivity index (χ0v) is 35.2. The third-order valence-electron chi connectivity index (χ3n) is 12.4. The first-order valence-electron chi connectivity index (χ1n) is 20.7. The molecule has 6 N–H and O–H groups in total. The van der Waals surface area contributed by atoms with Crippen LogP contribution in [0.3, 0.4) is 0 Å². The summed E-state index contributed by atoms with van der Waals surface area (Å²) in [7, 11) is 5.26. The Bertz CT molecular complexity index is 1940. The quantitative estimate of drug-likeness (QED) is 0.177. The molecule has 8 rings (SSSR count). The summed E-state index contributed by atoms with van der Waals surface area (Å²) < 4.78 is 19.3. The number of fused-ring (bicyclic) bond motifs is 7. The average molecular weight is 815 g/mol. The monoisotopic (exact) mass is 814 g/mol. The number of ether oxygens (including phenoxy) is 3. The maximum absolute atomic E-state index is 13.2. The number of guanidine groups is 1. The van der Waals surface area contributed by atoms with Crippen molar-refractivity contribution in [3.63, 3.8) is 0 Å². The van der Waals surface area contributed by atoms with Crippen LogP contribution in [0.2, 0.25) is 0 Å². The van der Waals surface area contributed by atoms with Crippen LogP contribution in [-0.2, 0) is 30.5 Å². The second-order valence-electron chi connectivity index (χ2n) is 16.7. The van der Waals surface area contributed by atoms with E-state index in [9.17, 15) is 15.0 Å². The van der Waals surface area contributed by atoms with Gasteiger partial charge in [-0.05, 0) is 61.6 Å². The zero-order valence-electron chi connectivity index (χ0n) is 33.6. The molecule has 0 unspecified atom stereocenters. The number of aliphatic hydroxyl groups excluding tert-OH is 1. The van der Waals surface area contributed by atoms with Gasteiger partial charge in [0, 0.05) is 65.7 Å². The molecule has 1 saturated carbocycles. The summed E-state index contributed by atoms with van der Waals surface area (Å²) in [5.41, 5.74) is 10.9. The molecule has 57 heavy (non-hydrogen) atoms. The molecule has 4 aliphatic heterocycles. The van der Waals surface area contributed by atoms with Gasteiger partial charge in [-0.1, -0.05) is 90.5 Å². The van der Waals surface area contributed by atoms with E-state index in [2.05, 4.69) is 54.2 Å². The number of phenolic OH excluding ortho intramolecular Hbond substituents is 1. The van der Waals surface area contributed by atoms with Crippen LogP contribution < -0.4 is 30.6 Å². The standard InChI is InChI=1S/C45H58N4O6S2/c1-28(2)39-26-57-56-25-37-32-22-36-30-13-16-34(51)23-33(50)15-12-29-14-17-40(52)42(53-3)35(29)10-7-9-31(21-30)41(43(36)54-24-32)55-27-47-45(18-5-4-6-19-45)20-8-11-38(37)48-44(46)49-39/h14,17,21,28,32,34,37-39,47,51-52H,4-6,9,12-13,15-16,18-20,22-27H2,1-3H3,(H3,46,48,49)/t32-,34-,37+,38-,39-/m1/s1. The van der Waals surface area contributed by atoms with Crippen molar-refractivity contribution in [2.24, 2.45) is 28.5 Å². The number of aliphatic imine (C=N–C) groups is 1. The van der Waals surface area contributed by atoms with Gasteiger partial charge in [0.15, 0.2) is 29.0 Å². The Morgan fingerprint density at radius 1 is 1.02 bits per heavy atom. The molecular weight excluding hydrogens is 757 g/mol. The number of carbonyl (C=O) groups excluding carboxylic acids is 1. The number of nitrogens with zero attached hydrogens (tertiary/aromatic N) is 1. The molecule has 2 aromatic rings. The Hall–Kier alpha value is -3.68. The smallest absolute Gasteiger partial charge is 0.189 e. The van der Waals surface area contributed by atoms with Crippen molar-refractivity contribution in [2.75, 3.05) is 32.0 Å². The molecule has 6 aliphatic rings. The number of carbonyl (C=O) groups is 1. The topological polar surface area (TPSA) is 148 Å². The lowest BCUT2D eigenvalue weighted by Crippen LogP contribution is -2.50. The van der Waals surface area contributed by atoms with Gasteiger partial charge < -0.3 is 35.5 Å². The largest absolute Gasteiger partial charge is 0.504 e. The average Bonchev–Trinajstić information content (AvgIpc) is 3.19. The van der Waals surface area contributed by atoms with Crippen LogP contribution in [0.15, 0.2) is 23.2 Å². The molecule has 2 aromatic carbocycles. The minimum Gasteiger partial charge on any atom is -0.504 e. The van der Waals surface area contributed by atoms with E-state index in [1.807, 2.05) is 21.6 Å². The Labute approximate surface area is 346 Å². The molecule has 0 aromatic heterocycles. The minimum absolute atomic E-state index is 0.00606. The van der Waals surface area contributed by atoms with Crippen molar-refractivity contribution in [1.29, 1.82) is 0 Å². The molecule has 306 valence electrons. The number of phenols is 1. The van der Waals surface area contributed by atoms with Crippen molar-refractivity contribution in [2.45, 2.75) is 121 Å². The number of hydrogen-bond donors (Lipinski definition) is 5. The van der Waals surface area contributed by atoms with Crippen LogP contribution in [-0.4, -0.2) is 77.6 Å². The Morgan fingerprint density at radius 2 is 1.84 bits per heavy atom. The fourth-order valence-electron chi connectivity index (χ4n) is 8.91. The molecule has 12 heteroatoms. The first kappa shape index (κ1) is 41.5. The normalized spacial score (nSPS) is 26.7. The van der Waals surface area contributed by atoms with Crippen molar-refractivity contribution >= 4 is 33.3 Å². The molecule has 1 spiro atoms. The van der Waals surface area contributed by atoms with Crippen molar-refractivity contribution < 1.29 is 29.2 Å². The van der Waals surface area contributed by atoms with Gasteiger partial charge in [-0.3, -0.25) is 10.1 Å². The van der Waals surface area contributed by atoms with Gasteiger partial charge in [0.1, 0.15) is 12.5 Å². The van der Waals surface area contributed by atoms with Gasteiger partial charge in [0.25, 0.3) is 0 Å². The SMILES string of the molecule is COc1c(O)ccc2c1C#CCc1cc(c3c4c1OCNC1(CC#C[C@H]5NC(N)=N[C@@H](C(C)C)CSSC[C@H]5[C@@H](CO4)C3)CCCCC1)CC[C@@H](O)CC(=O)CC2. The van der Waals surface area contributed by atoms with E-state index in [4.69, 9.17) is 24.9 Å². The number of methoxy groups -OCH3 is 1. The summed E-state index contributed by atoms with van der Waals surface area (Å²) >= 11 is 0. The molecule has 2 aliphatic carbocycles. The molecule has 5 atom stereocenters. The number of Topliss-reactive ketones (excluding diaryl/α,β-unsaturated/α-hetero) is 1. The highest BCUT2D eigenvalue weighted by molar-refractivity contribution is 8.76. The fraction of sp³-hybridized carbons (Fsp3) is 0.600. The maximum Gasteiger partial charge on any atom is 0.189 e. The first-order valence-corrected chi connectivity index (χ1v) is 23.2. The molecule has 0 amide bonds. The van der Waals surface area contributed by atoms with Crippen LogP contribution >= 0.6 is 21.6 Å². The highest BCUT2D eigenvalue weighted by Crippen LogP contribution is 2.45. The van der Waals surface area contributed by atoms with Gasteiger partial charge in [0.2, 0.25) is 0 Å². The van der Waals surface area contributed by atoms with Gasteiger partial charge in [0.05, 0.1) is 37.5 Å². The first-order chi connectivity index (χ1) is 27.6. The second-order valence-corrected chi connectivity index (χ2v) is 19.2. The molecule has 4 heterocycles. The highest BCUT2D eigenvalue weighted by atomic mass is 33.1. The third-order valence-corrected chi connectivity index (χ3v) is 14.9. The number of aryl methyl sites for hydroxylation is 2. The summed E-state index contributed by atoms with van der Waals surface area (Å²) in [5.74, 6) is 18.5. The summed E-state index contributed by atoms with van der Waals surface area (Å²) in [5, 5.41) is 29.3. The van der Waals surface area contributed by atoms with Gasteiger partial charge in [-0.15, -0.1) is 0 Å². The predicted octanol–water partition coefficient (Wildman–Crippen LogP) is 6.09. The Kier molecular flexibility index (Phi) is 13.8. The number of hydrogen-bond acceptors (Lipinski definition) is 12. The summed E-state index contributed by atoms with van der Waals surface area (Å²) in [6, 6.07) is 5.45. The Balaban J connectivity index is 1.33. The van der Waals surface area contributed by atoms with Crippen molar-refractivity contribution in [3.05, 3.63) is 46.0 Å². The molecule has 10 nitrogen and oxygen atoms in total. The lowest BCUT2D eigenvalue weighted by molar-refractivity contribution is -0.121. The summed E-state index contributed by atoms with van der Waals surface area (Å²) in [6.07, 6.45) is 8.32. The summed E-state index contributed by atoms with van der Waals surface area (Å²) in [4.78, 5) is 18.1. The molecular formula is C45H58N4O6S2. The van der Waals surface area contributed by atoms with E-state index in [0.29, 0.717) is 68.6 Å². The van der Waals surface area contributed by atoms with Gasteiger partial charge in [-0.2, -0.15) is 0 Å². The van der Waals surface area contributed by atoms with Crippen LogP contribution in [0.1, 0.15) is 99.5 Å². The zero-order chi connectivity index (χ0) is 39.9. The van der Waals surface area contributed by atoms with E-state index < -0.39 is 6.10 Å². The van der Waals surface area contributed by atoms with E-state index in [0.717, 1.165) is 71.6 Å². The highest BCUT2D eigenvalue weighted by Gasteiger charge is 2.38. The lowest BCUT2D eigenvalue weighted by Gasteiger charge is -2.39. The van der Waals surface area contributed by atoms with E-state index >= 15 is 0 Å². The number of benzene rings is 2. The third kappa shape index (κ3) is 9.96. The molecule has 0 saturated heterocycles. The maximum atomic E-state index is 13.2. The molecule has 6 bridgehead atoms. The molecule has 1 fully saturated rings.